The van der Waals surface area contributed by atoms with E-state index in [1.807, 2.05) is 18.2 Å². The summed E-state index contributed by atoms with van der Waals surface area (Å²) in [5, 5.41) is 10.3. The Balaban J connectivity index is 1.27. The molecule has 1 N–H and O–H groups in total. The molecule has 1 aromatic rings. The van der Waals surface area contributed by atoms with E-state index in [0.29, 0.717) is 0 Å². The van der Waals surface area contributed by atoms with Crippen LogP contribution in [0.4, 0.5) is 0 Å². The predicted octanol–water partition coefficient (Wildman–Crippen LogP) is 2.41. The molecule has 25 heavy (non-hydrogen) atoms. The second-order valence-electron chi connectivity index (χ2n) is 7.68. The number of benzene rings is 1. The predicted molar refractivity (Wildman–Crippen MR) is 102 cm³/mol. The Morgan fingerprint density at radius 1 is 1.00 bits per heavy atom. The van der Waals surface area contributed by atoms with Crippen molar-refractivity contribution in [2.75, 3.05) is 52.5 Å². The Hall–Kier alpha value is -0.940. The standard InChI is InChI=1S/C21H34N2O2/c24-21(17-20-5-2-1-3-6-20)18-23-11-8-19(9-12-23)7-4-10-22-13-15-25-16-14-22/h1-3,5-6,19,21,24H,4,7-18H2. The Labute approximate surface area is 152 Å². The second-order valence-corrected chi connectivity index (χ2v) is 7.68. The van der Waals surface area contributed by atoms with Gasteiger partial charge in [-0.3, -0.25) is 4.90 Å². The van der Waals surface area contributed by atoms with Gasteiger partial charge in [-0.15, -0.1) is 0 Å². The topological polar surface area (TPSA) is 35.9 Å². The van der Waals surface area contributed by atoms with Crippen LogP contribution in [0.25, 0.3) is 0 Å². The lowest BCUT2D eigenvalue weighted by Gasteiger charge is -2.33. The maximum Gasteiger partial charge on any atom is 0.0707 e. The third kappa shape index (κ3) is 6.70. The molecule has 0 saturated carbocycles. The smallest absolute Gasteiger partial charge is 0.0707 e. The zero-order chi connectivity index (χ0) is 17.3. The minimum atomic E-state index is -0.250. The molecule has 4 heteroatoms. The quantitative estimate of drug-likeness (QED) is 0.784. The Morgan fingerprint density at radius 2 is 1.72 bits per heavy atom. The van der Waals surface area contributed by atoms with E-state index in [9.17, 15) is 5.11 Å². The van der Waals surface area contributed by atoms with E-state index in [2.05, 4.69) is 21.9 Å². The first kappa shape index (κ1) is 18.8. The first-order chi connectivity index (χ1) is 12.3. The fourth-order valence-electron chi connectivity index (χ4n) is 4.13. The minimum absolute atomic E-state index is 0.250. The molecule has 0 radical (unpaired) electrons. The number of morpholine rings is 1. The van der Waals surface area contributed by atoms with Gasteiger partial charge in [0.05, 0.1) is 19.3 Å². The van der Waals surface area contributed by atoms with Crippen molar-refractivity contribution < 1.29 is 9.84 Å². The van der Waals surface area contributed by atoms with Crippen molar-refractivity contribution >= 4 is 0 Å². The number of hydrogen-bond donors (Lipinski definition) is 1. The Morgan fingerprint density at radius 3 is 2.44 bits per heavy atom. The molecule has 2 aliphatic rings. The monoisotopic (exact) mass is 346 g/mol. The summed E-state index contributed by atoms with van der Waals surface area (Å²) < 4.78 is 5.41. The number of likely N-dealkylation sites (tertiary alicyclic amines) is 1. The van der Waals surface area contributed by atoms with Gasteiger partial charge in [-0.2, -0.15) is 0 Å². The van der Waals surface area contributed by atoms with Crippen molar-refractivity contribution in [3.8, 4) is 0 Å². The summed E-state index contributed by atoms with van der Waals surface area (Å²) in [6.45, 7) is 8.37. The number of β-amino-alcohol motifs (C(OH)–C–C–N with tert-alkyl or cyclic N) is 1. The zero-order valence-corrected chi connectivity index (χ0v) is 15.5. The van der Waals surface area contributed by atoms with E-state index >= 15 is 0 Å². The van der Waals surface area contributed by atoms with E-state index in [0.717, 1.165) is 58.3 Å². The largest absolute Gasteiger partial charge is 0.391 e. The van der Waals surface area contributed by atoms with Crippen LogP contribution in [0.1, 0.15) is 31.2 Å². The number of aliphatic hydroxyl groups excluding tert-OH is 1. The summed E-state index contributed by atoms with van der Waals surface area (Å²) in [5.74, 6) is 0.878. The molecule has 2 saturated heterocycles. The molecule has 0 amide bonds. The van der Waals surface area contributed by atoms with Crippen LogP contribution in [-0.4, -0.2) is 73.5 Å². The molecular weight excluding hydrogens is 312 g/mol. The van der Waals surface area contributed by atoms with Gasteiger partial charge in [-0.25, -0.2) is 0 Å². The fourth-order valence-corrected chi connectivity index (χ4v) is 4.13. The number of aliphatic hydroxyl groups is 1. The molecule has 1 unspecified atom stereocenters. The lowest BCUT2D eigenvalue weighted by molar-refractivity contribution is 0.0358. The highest BCUT2D eigenvalue weighted by molar-refractivity contribution is 5.15. The summed E-state index contributed by atoms with van der Waals surface area (Å²) in [5.41, 5.74) is 1.23. The van der Waals surface area contributed by atoms with E-state index in [1.54, 1.807) is 0 Å². The van der Waals surface area contributed by atoms with Crippen LogP contribution in [0.2, 0.25) is 0 Å². The van der Waals surface area contributed by atoms with Gasteiger partial charge in [-0.1, -0.05) is 30.3 Å². The number of rotatable bonds is 8. The highest BCUT2D eigenvalue weighted by Gasteiger charge is 2.21. The van der Waals surface area contributed by atoms with Gasteiger partial charge < -0.3 is 14.7 Å². The van der Waals surface area contributed by atoms with Gasteiger partial charge >= 0.3 is 0 Å². The summed E-state index contributed by atoms with van der Waals surface area (Å²) in [4.78, 5) is 4.99. The molecule has 0 aliphatic carbocycles. The van der Waals surface area contributed by atoms with Crippen LogP contribution in [0.3, 0.4) is 0 Å². The highest BCUT2D eigenvalue weighted by Crippen LogP contribution is 2.22. The normalized spacial score (nSPS) is 22.1. The van der Waals surface area contributed by atoms with Crippen LogP contribution in [-0.2, 0) is 11.2 Å². The number of piperidine rings is 1. The number of ether oxygens (including phenoxy) is 1. The van der Waals surface area contributed by atoms with Crippen LogP contribution in [0, 0.1) is 5.92 Å². The van der Waals surface area contributed by atoms with Gasteiger partial charge in [0, 0.05) is 19.6 Å². The molecule has 2 fully saturated rings. The third-order valence-electron chi connectivity index (χ3n) is 5.68. The van der Waals surface area contributed by atoms with Gasteiger partial charge in [0.2, 0.25) is 0 Å². The van der Waals surface area contributed by atoms with Crippen molar-refractivity contribution in [3.05, 3.63) is 35.9 Å². The highest BCUT2D eigenvalue weighted by atomic mass is 16.5. The van der Waals surface area contributed by atoms with Crippen LogP contribution in [0.15, 0.2) is 30.3 Å². The lowest BCUT2D eigenvalue weighted by atomic mass is 9.91. The first-order valence-corrected chi connectivity index (χ1v) is 10.0. The van der Waals surface area contributed by atoms with E-state index < -0.39 is 0 Å². The van der Waals surface area contributed by atoms with E-state index in [4.69, 9.17) is 4.74 Å². The van der Waals surface area contributed by atoms with Gasteiger partial charge in [0.1, 0.15) is 0 Å². The first-order valence-electron chi connectivity index (χ1n) is 10.0. The fraction of sp³-hybridized carbons (Fsp3) is 0.714. The van der Waals surface area contributed by atoms with Crippen molar-refractivity contribution in [1.29, 1.82) is 0 Å². The van der Waals surface area contributed by atoms with Crippen LogP contribution >= 0.6 is 0 Å². The molecule has 0 spiro atoms. The summed E-state index contributed by atoms with van der Waals surface area (Å²) in [6, 6.07) is 10.3. The van der Waals surface area contributed by atoms with Gasteiger partial charge in [0.15, 0.2) is 0 Å². The Bertz CT molecular complexity index is 468. The van der Waals surface area contributed by atoms with E-state index in [1.165, 1.54) is 37.8 Å². The third-order valence-corrected chi connectivity index (χ3v) is 5.68. The van der Waals surface area contributed by atoms with Gasteiger partial charge in [0.25, 0.3) is 0 Å². The number of nitrogens with zero attached hydrogens (tertiary/aromatic N) is 2. The van der Waals surface area contributed by atoms with Crippen LogP contribution in [0.5, 0.6) is 0 Å². The maximum absolute atomic E-state index is 10.3. The van der Waals surface area contributed by atoms with Gasteiger partial charge in [-0.05, 0) is 63.2 Å². The van der Waals surface area contributed by atoms with E-state index in [-0.39, 0.29) is 6.10 Å². The summed E-state index contributed by atoms with van der Waals surface area (Å²) >= 11 is 0. The van der Waals surface area contributed by atoms with Crippen molar-refractivity contribution in [1.82, 2.24) is 9.80 Å². The van der Waals surface area contributed by atoms with Crippen molar-refractivity contribution in [2.24, 2.45) is 5.92 Å². The molecular formula is C21H34N2O2. The summed E-state index contributed by atoms with van der Waals surface area (Å²) in [7, 11) is 0. The molecule has 0 aromatic heterocycles. The molecule has 140 valence electrons. The zero-order valence-electron chi connectivity index (χ0n) is 15.5. The second kappa shape index (κ2) is 10.3. The molecule has 3 rings (SSSR count). The molecule has 1 atom stereocenters. The number of hydrogen-bond acceptors (Lipinski definition) is 4. The van der Waals surface area contributed by atoms with Crippen LogP contribution < -0.4 is 0 Å². The maximum atomic E-state index is 10.3. The molecule has 4 nitrogen and oxygen atoms in total. The van der Waals surface area contributed by atoms with Crippen molar-refractivity contribution in [3.63, 3.8) is 0 Å². The minimum Gasteiger partial charge on any atom is -0.391 e. The average molecular weight is 347 g/mol. The molecule has 2 heterocycles. The average Bonchev–Trinajstić information content (AvgIpc) is 2.65. The lowest BCUT2D eigenvalue weighted by Crippen LogP contribution is -2.40. The summed E-state index contributed by atoms with van der Waals surface area (Å²) in [6.07, 6.45) is 5.78. The molecule has 1 aromatic carbocycles. The Kier molecular flexibility index (Phi) is 7.74. The molecule has 2 aliphatic heterocycles. The molecule has 0 bridgehead atoms. The SMILES string of the molecule is OC(Cc1ccccc1)CN1CCC(CCCN2CCOCC2)CC1. The van der Waals surface area contributed by atoms with Crippen molar-refractivity contribution in [2.45, 2.75) is 38.2 Å².